The monoisotopic (exact) mass is 328 g/mol. The van der Waals surface area contributed by atoms with Gasteiger partial charge in [0.2, 0.25) is 0 Å². The molecule has 0 bridgehead atoms. The summed E-state index contributed by atoms with van der Waals surface area (Å²) in [5.74, 6) is -0.432. The van der Waals surface area contributed by atoms with Crippen LogP contribution in [0.1, 0.15) is 55.6 Å². The predicted octanol–water partition coefficient (Wildman–Crippen LogP) is 4.17. The Kier molecular flexibility index (Phi) is 4.11. The van der Waals surface area contributed by atoms with Crippen LogP contribution in [0.4, 0.5) is 5.69 Å². The molecule has 5 heteroatoms. The van der Waals surface area contributed by atoms with Crippen LogP contribution in [0, 0.1) is 12.3 Å². The molecule has 1 aromatic heterocycles. The molecule has 0 spiro atoms. The van der Waals surface area contributed by atoms with E-state index in [0.717, 1.165) is 25.7 Å². The number of carboxylic acid groups (broad SMARTS) is 1. The molecule has 0 radical (unpaired) electrons. The molecular formula is C19H24N2O3. The third-order valence-electron chi connectivity index (χ3n) is 4.99. The second kappa shape index (κ2) is 5.96. The fourth-order valence-corrected chi connectivity index (χ4v) is 3.48. The molecule has 5 nitrogen and oxygen atoms in total. The number of nitrogens with zero attached hydrogens (tertiary/aromatic N) is 1. The van der Waals surface area contributed by atoms with E-state index in [-0.39, 0.29) is 17.4 Å². The highest BCUT2D eigenvalue weighted by atomic mass is 16.5. The number of aryl methyl sites for hydroxylation is 1. The Balaban J connectivity index is 2.00. The average molecular weight is 328 g/mol. The van der Waals surface area contributed by atoms with E-state index in [4.69, 9.17) is 10.5 Å². The van der Waals surface area contributed by atoms with Gasteiger partial charge >= 0.3 is 5.97 Å². The van der Waals surface area contributed by atoms with Gasteiger partial charge in [0.15, 0.2) is 0 Å². The van der Waals surface area contributed by atoms with Crippen LogP contribution in [-0.2, 0) is 0 Å². The molecule has 0 unspecified atom stereocenters. The number of nitrogen functional groups attached to an aromatic ring is 1. The van der Waals surface area contributed by atoms with Gasteiger partial charge in [0, 0.05) is 0 Å². The van der Waals surface area contributed by atoms with E-state index in [1.807, 2.05) is 18.2 Å². The highest BCUT2D eigenvalue weighted by Crippen LogP contribution is 2.39. The van der Waals surface area contributed by atoms with E-state index in [1.54, 1.807) is 6.92 Å². The number of rotatable bonds is 3. The minimum Gasteiger partial charge on any atom is -0.490 e. The van der Waals surface area contributed by atoms with Gasteiger partial charge in [-0.2, -0.15) is 0 Å². The first-order chi connectivity index (χ1) is 11.3. The van der Waals surface area contributed by atoms with Crippen LogP contribution in [0.25, 0.3) is 10.9 Å². The lowest BCUT2D eigenvalue weighted by Gasteiger charge is -2.34. The van der Waals surface area contributed by atoms with Crippen LogP contribution in [0.3, 0.4) is 0 Å². The number of ether oxygens (including phenoxy) is 1. The quantitative estimate of drug-likeness (QED) is 0.883. The maximum Gasteiger partial charge on any atom is 0.339 e. The van der Waals surface area contributed by atoms with Crippen molar-refractivity contribution in [3.8, 4) is 5.75 Å². The summed E-state index contributed by atoms with van der Waals surface area (Å²) in [5.41, 5.74) is 7.92. The molecule has 0 aliphatic heterocycles. The van der Waals surface area contributed by atoms with Gasteiger partial charge in [0.05, 0.1) is 28.4 Å². The van der Waals surface area contributed by atoms with Crippen molar-refractivity contribution in [2.24, 2.45) is 5.41 Å². The summed E-state index contributed by atoms with van der Waals surface area (Å²) < 4.78 is 6.20. The zero-order valence-corrected chi connectivity index (χ0v) is 14.4. The molecule has 3 N–H and O–H groups in total. The topological polar surface area (TPSA) is 85.4 Å². The highest BCUT2D eigenvalue weighted by molar-refractivity contribution is 6.06. The molecular weight excluding hydrogens is 304 g/mol. The van der Waals surface area contributed by atoms with E-state index in [2.05, 4.69) is 18.8 Å². The predicted molar refractivity (Wildman–Crippen MR) is 94.5 cm³/mol. The molecule has 1 heterocycles. The normalized spacial score (nSPS) is 17.8. The Bertz CT molecular complexity index is 789. The Morgan fingerprint density at radius 2 is 2.00 bits per heavy atom. The summed E-state index contributed by atoms with van der Waals surface area (Å²) in [5, 5.41) is 10.0. The summed E-state index contributed by atoms with van der Waals surface area (Å²) in [4.78, 5) is 15.9. The van der Waals surface area contributed by atoms with Gasteiger partial charge in [-0.1, -0.05) is 19.9 Å². The lowest BCUT2D eigenvalue weighted by Crippen LogP contribution is -2.28. The van der Waals surface area contributed by atoms with Gasteiger partial charge in [-0.3, -0.25) is 4.98 Å². The standard InChI is InChI=1S/C19H24N2O3/c1-11-15(18(22)23)17(20)16-13(21-11)5-4-6-14(16)24-12-7-9-19(2,3)10-8-12/h4-6,12H,7-10H2,1-3H3,(H2,20,21)(H,22,23). The number of nitrogens with two attached hydrogens (primary N) is 1. The smallest absolute Gasteiger partial charge is 0.339 e. The minimum absolute atomic E-state index is 0.0586. The zero-order chi connectivity index (χ0) is 17.5. The van der Waals surface area contributed by atoms with Crippen molar-refractivity contribution in [2.75, 3.05) is 5.73 Å². The number of anilines is 1. The van der Waals surface area contributed by atoms with E-state index in [9.17, 15) is 9.90 Å². The summed E-state index contributed by atoms with van der Waals surface area (Å²) in [6.07, 6.45) is 4.37. The maximum absolute atomic E-state index is 11.5. The molecule has 1 aliphatic rings. The Hall–Kier alpha value is -2.30. The summed E-state index contributed by atoms with van der Waals surface area (Å²) in [6.45, 7) is 6.23. The lowest BCUT2D eigenvalue weighted by atomic mass is 9.76. The van der Waals surface area contributed by atoms with Crippen LogP contribution in [0.15, 0.2) is 18.2 Å². The molecule has 1 aliphatic carbocycles. The van der Waals surface area contributed by atoms with Crippen molar-refractivity contribution < 1.29 is 14.6 Å². The second-order valence-corrected chi connectivity index (χ2v) is 7.42. The number of fused-ring (bicyclic) bond motifs is 1. The van der Waals surface area contributed by atoms with Crippen LogP contribution >= 0.6 is 0 Å². The van der Waals surface area contributed by atoms with Crippen molar-refractivity contribution in [2.45, 2.75) is 52.6 Å². The first-order valence-corrected chi connectivity index (χ1v) is 8.37. The Morgan fingerprint density at radius 1 is 1.33 bits per heavy atom. The number of pyridine rings is 1. The fraction of sp³-hybridized carbons (Fsp3) is 0.474. The molecule has 0 amide bonds. The van der Waals surface area contributed by atoms with Crippen molar-refractivity contribution in [3.63, 3.8) is 0 Å². The minimum atomic E-state index is -1.06. The van der Waals surface area contributed by atoms with E-state index in [0.29, 0.717) is 27.8 Å². The van der Waals surface area contributed by atoms with E-state index >= 15 is 0 Å². The third kappa shape index (κ3) is 3.03. The lowest BCUT2D eigenvalue weighted by molar-refractivity contribution is 0.0697. The van der Waals surface area contributed by atoms with Gasteiger partial charge in [-0.05, 0) is 50.2 Å². The summed E-state index contributed by atoms with van der Waals surface area (Å²) >= 11 is 0. The van der Waals surface area contributed by atoms with Gasteiger partial charge < -0.3 is 15.6 Å². The van der Waals surface area contributed by atoms with Gasteiger partial charge in [-0.25, -0.2) is 4.79 Å². The molecule has 0 saturated heterocycles. The number of hydrogen-bond acceptors (Lipinski definition) is 4. The summed E-state index contributed by atoms with van der Waals surface area (Å²) in [6, 6.07) is 5.55. The molecule has 0 atom stereocenters. The molecule has 128 valence electrons. The number of aromatic nitrogens is 1. The number of aromatic carboxylic acids is 1. The Labute approximate surface area is 141 Å². The van der Waals surface area contributed by atoms with Crippen molar-refractivity contribution in [1.29, 1.82) is 0 Å². The van der Waals surface area contributed by atoms with Gasteiger partial charge in [0.1, 0.15) is 11.3 Å². The Morgan fingerprint density at radius 3 is 2.62 bits per heavy atom. The highest BCUT2D eigenvalue weighted by Gasteiger charge is 2.28. The van der Waals surface area contributed by atoms with Crippen molar-refractivity contribution in [1.82, 2.24) is 4.98 Å². The van der Waals surface area contributed by atoms with Crippen LogP contribution in [-0.4, -0.2) is 22.2 Å². The number of benzene rings is 1. The number of carboxylic acids is 1. The van der Waals surface area contributed by atoms with Gasteiger partial charge in [0.25, 0.3) is 0 Å². The first kappa shape index (κ1) is 16.6. The number of carbonyl (C=O) groups is 1. The van der Waals surface area contributed by atoms with E-state index in [1.165, 1.54) is 0 Å². The molecule has 1 aromatic carbocycles. The molecule has 3 rings (SSSR count). The SMILES string of the molecule is Cc1nc2cccc(OC3CCC(C)(C)CC3)c2c(N)c1C(=O)O. The maximum atomic E-state index is 11.5. The van der Waals surface area contributed by atoms with Crippen molar-refractivity contribution >= 4 is 22.6 Å². The zero-order valence-electron chi connectivity index (χ0n) is 14.4. The molecule has 1 saturated carbocycles. The summed E-state index contributed by atoms with van der Waals surface area (Å²) in [7, 11) is 0. The van der Waals surface area contributed by atoms with Crippen LogP contribution in [0.2, 0.25) is 0 Å². The van der Waals surface area contributed by atoms with Crippen LogP contribution in [0.5, 0.6) is 5.75 Å². The molecule has 24 heavy (non-hydrogen) atoms. The molecule has 2 aromatic rings. The van der Waals surface area contributed by atoms with Crippen LogP contribution < -0.4 is 10.5 Å². The fourth-order valence-electron chi connectivity index (χ4n) is 3.48. The second-order valence-electron chi connectivity index (χ2n) is 7.42. The van der Waals surface area contributed by atoms with E-state index < -0.39 is 5.97 Å². The average Bonchev–Trinajstić information content (AvgIpc) is 2.48. The first-order valence-electron chi connectivity index (χ1n) is 8.37. The number of hydrogen-bond donors (Lipinski definition) is 2. The molecule has 1 fully saturated rings. The van der Waals surface area contributed by atoms with Gasteiger partial charge in [-0.15, -0.1) is 0 Å². The third-order valence-corrected chi connectivity index (χ3v) is 4.99. The largest absolute Gasteiger partial charge is 0.490 e. The van der Waals surface area contributed by atoms with Crippen molar-refractivity contribution in [3.05, 3.63) is 29.5 Å².